The van der Waals surface area contributed by atoms with Gasteiger partial charge < -0.3 is 9.73 Å². The third-order valence-corrected chi connectivity index (χ3v) is 4.23. The van der Waals surface area contributed by atoms with Gasteiger partial charge in [0.1, 0.15) is 12.2 Å². The van der Waals surface area contributed by atoms with Crippen molar-refractivity contribution in [3.63, 3.8) is 0 Å². The minimum Gasteiger partial charge on any atom is -0.463 e. The maximum absolute atomic E-state index is 12.1. The largest absolute Gasteiger partial charge is 0.463 e. The van der Waals surface area contributed by atoms with Gasteiger partial charge in [-0.25, -0.2) is 9.97 Å². The van der Waals surface area contributed by atoms with Crippen LogP contribution in [0.5, 0.6) is 0 Å². The molecule has 3 rings (SSSR count). The Kier molecular flexibility index (Phi) is 4.07. The molecule has 0 spiro atoms. The van der Waals surface area contributed by atoms with E-state index in [0.29, 0.717) is 16.6 Å². The first kappa shape index (κ1) is 15.2. The van der Waals surface area contributed by atoms with E-state index in [-0.39, 0.29) is 18.0 Å². The summed E-state index contributed by atoms with van der Waals surface area (Å²) in [6.45, 7) is 3.69. The maximum atomic E-state index is 12.1. The molecule has 0 atom stereocenters. The van der Waals surface area contributed by atoms with Gasteiger partial charge in [0.25, 0.3) is 5.56 Å². The SMILES string of the molecule is Cc1nc(NC(=O)Cn2cnc(-c3ccco3)cc2=O)sc1C. The van der Waals surface area contributed by atoms with Crippen molar-refractivity contribution in [2.24, 2.45) is 0 Å². The molecule has 7 nitrogen and oxygen atoms in total. The average Bonchev–Trinajstić information content (AvgIpc) is 3.12. The van der Waals surface area contributed by atoms with Gasteiger partial charge in [0.2, 0.25) is 5.91 Å². The fourth-order valence-electron chi connectivity index (χ4n) is 1.94. The number of thiazole rings is 1. The van der Waals surface area contributed by atoms with Crippen molar-refractivity contribution >= 4 is 22.4 Å². The average molecular weight is 330 g/mol. The van der Waals surface area contributed by atoms with Gasteiger partial charge in [-0.05, 0) is 26.0 Å². The van der Waals surface area contributed by atoms with Gasteiger partial charge in [-0.2, -0.15) is 0 Å². The van der Waals surface area contributed by atoms with Crippen LogP contribution in [0.1, 0.15) is 10.6 Å². The molecule has 23 heavy (non-hydrogen) atoms. The predicted octanol–water partition coefficient (Wildman–Crippen LogP) is 2.22. The summed E-state index contributed by atoms with van der Waals surface area (Å²) in [5, 5.41) is 3.21. The molecule has 0 fully saturated rings. The number of nitrogens with zero attached hydrogens (tertiary/aromatic N) is 3. The third-order valence-electron chi connectivity index (χ3n) is 3.24. The second-order valence-electron chi connectivity index (χ2n) is 4.93. The number of furan rings is 1. The first-order valence-electron chi connectivity index (χ1n) is 6.87. The third kappa shape index (κ3) is 3.37. The summed E-state index contributed by atoms with van der Waals surface area (Å²) in [6, 6.07) is 4.77. The summed E-state index contributed by atoms with van der Waals surface area (Å²) in [5.74, 6) is 0.181. The van der Waals surface area contributed by atoms with Crippen LogP contribution in [0.2, 0.25) is 0 Å². The highest BCUT2D eigenvalue weighted by Crippen LogP contribution is 2.21. The van der Waals surface area contributed by atoms with Crippen LogP contribution in [-0.4, -0.2) is 20.4 Å². The molecule has 0 saturated carbocycles. The van der Waals surface area contributed by atoms with Crippen LogP contribution in [0.25, 0.3) is 11.5 Å². The van der Waals surface area contributed by atoms with Crippen LogP contribution >= 0.6 is 11.3 Å². The van der Waals surface area contributed by atoms with Crippen molar-refractivity contribution in [2.75, 3.05) is 5.32 Å². The van der Waals surface area contributed by atoms with Crippen molar-refractivity contribution in [1.82, 2.24) is 14.5 Å². The zero-order chi connectivity index (χ0) is 16.4. The molecule has 1 N–H and O–H groups in total. The predicted molar refractivity (Wildman–Crippen MR) is 86.4 cm³/mol. The molecule has 118 valence electrons. The zero-order valence-corrected chi connectivity index (χ0v) is 13.4. The lowest BCUT2D eigenvalue weighted by Crippen LogP contribution is -2.27. The molecule has 0 aliphatic carbocycles. The number of amides is 1. The Balaban J connectivity index is 1.72. The highest BCUT2D eigenvalue weighted by Gasteiger charge is 2.11. The second-order valence-corrected chi connectivity index (χ2v) is 6.13. The van der Waals surface area contributed by atoms with Crippen molar-refractivity contribution in [3.05, 3.63) is 51.7 Å². The zero-order valence-electron chi connectivity index (χ0n) is 12.6. The Hall–Kier alpha value is -2.74. The lowest BCUT2D eigenvalue weighted by molar-refractivity contribution is -0.116. The Morgan fingerprint density at radius 1 is 1.43 bits per heavy atom. The highest BCUT2D eigenvalue weighted by atomic mass is 32.1. The van der Waals surface area contributed by atoms with Gasteiger partial charge in [-0.1, -0.05) is 0 Å². The fraction of sp³-hybridized carbons (Fsp3) is 0.200. The molecule has 0 radical (unpaired) electrons. The molecule has 8 heteroatoms. The molecule has 0 aliphatic rings. The number of rotatable bonds is 4. The van der Waals surface area contributed by atoms with E-state index in [1.54, 1.807) is 12.1 Å². The monoisotopic (exact) mass is 330 g/mol. The van der Waals surface area contributed by atoms with Crippen molar-refractivity contribution in [3.8, 4) is 11.5 Å². The molecule has 3 aromatic rings. The van der Waals surface area contributed by atoms with E-state index in [1.807, 2.05) is 13.8 Å². The Bertz CT molecular complexity index is 876. The summed E-state index contributed by atoms with van der Waals surface area (Å²) in [7, 11) is 0. The van der Waals surface area contributed by atoms with Crippen LogP contribution in [0, 0.1) is 13.8 Å². The normalized spacial score (nSPS) is 10.7. The van der Waals surface area contributed by atoms with Gasteiger partial charge in [0.05, 0.1) is 18.3 Å². The summed E-state index contributed by atoms with van der Waals surface area (Å²) >= 11 is 1.40. The highest BCUT2D eigenvalue weighted by molar-refractivity contribution is 7.15. The molecule has 0 aliphatic heterocycles. The van der Waals surface area contributed by atoms with Gasteiger partial charge in [-0.3, -0.25) is 14.2 Å². The summed E-state index contributed by atoms with van der Waals surface area (Å²) in [4.78, 5) is 33.5. The van der Waals surface area contributed by atoms with Gasteiger partial charge >= 0.3 is 0 Å². The van der Waals surface area contributed by atoms with Crippen molar-refractivity contribution in [1.29, 1.82) is 0 Å². The Labute approximate surface area is 135 Å². The van der Waals surface area contributed by atoms with E-state index in [0.717, 1.165) is 10.6 Å². The van der Waals surface area contributed by atoms with Crippen molar-refractivity contribution < 1.29 is 9.21 Å². The fourth-order valence-corrected chi connectivity index (χ4v) is 2.77. The lowest BCUT2D eigenvalue weighted by atomic mass is 10.3. The van der Waals surface area contributed by atoms with E-state index < -0.39 is 0 Å². The molecule has 0 unspecified atom stereocenters. The van der Waals surface area contributed by atoms with Gasteiger partial charge in [-0.15, -0.1) is 11.3 Å². The first-order chi connectivity index (χ1) is 11.0. The maximum Gasteiger partial charge on any atom is 0.254 e. The smallest absolute Gasteiger partial charge is 0.254 e. The minimum absolute atomic E-state index is 0.123. The number of aromatic nitrogens is 3. The van der Waals surface area contributed by atoms with Crippen LogP contribution in [-0.2, 0) is 11.3 Å². The Morgan fingerprint density at radius 2 is 2.26 bits per heavy atom. The standard InChI is InChI=1S/C15H14N4O3S/c1-9-10(2)23-15(17-9)18-13(20)7-19-8-16-11(6-14(19)21)12-4-3-5-22-12/h3-6,8H,7H2,1-2H3,(H,17,18,20). The second kappa shape index (κ2) is 6.17. The number of anilines is 1. The number of nitrogens with one attached hydrogen (secondary N) is 1. The van der Waals surface area contributed by atoms with Gasteiger partial charge in [0.15, 0.2) is 10.9 Å². The number of aryl methyl sites for hydroxylation is 2. The topological polar surface area (TPSA) is 90.0 Å². The van der Waals surface area contributed by atoms with Crippen LogP contribution in [0.15, 0.2) is 40.0 Å². The summed E-state index contributed by atoms with van der Waals surface area (Å²) < 4.78 is 6.42. The van der Waals surface area contributed by atoms with E-state index in [9.17, 15) is 9.59 Å². The first-order valence-corrected chi connectivity index (χ1v) is 7.69. The van der Waals surface area contributed by atoms with E-state index in [4.69, 9.17) is 4.42 Å². The molecule has 3 heterocycles. The summed E-state index contributed by atoms with van der Waals surface area (Å²) in [6.07, 6.45) is 2.84. The molecular weight excluding hydrogens is 316 g/mol. The van der Waals surface area contributed by atoms with Crippen molar-refractivity contribution in [2.45, 2.75) is 20.4 Å². The Morgan fingerprint density at radius 3 is 2.87 bits per heavy atom. The molecule has 0 saturated heterocycles. The molecular formula is C15H14N4O3S. The molecule has 3 aromatic heterocycles. The lowest BCUT2D eigenvalue weighted by Gasteiger charge is -2.05. The van der Waals surface area contributed by atoms with Crippen LogP contribution in [0.3, 0.4) is 0 Å². The van der Waals surface area contributed by atoms with Crippen LogP contribution < -0.4 is 10.9 Å². The summed E-state index contributed by atoms with van der Waals surface area (Å²) in [5.41, 5.74) is 0.989. The number of carbonyl (C=O) groups is 1. The van der Waals surface area contributed by atoms with E-state index in [2.05, 4.69) is 15.3 Å². The van der Waals surface area contributed by atoms with Crippen LogP contribution in [0.4, 0.5) is 5.13 Å². The minimum atomic E-state index is -0.326. The van der Waals surface area contributed by atoms with Gasteiger partial charge in [0, 0.05) is 10.9 Å². The molecule has 0 bridgehead atoms. The molecule has 0 aromatic carbocycles. The van der Waals surface area contributed by atoms with E-state index in [1.165, 1.54) is 34.6 Å². The number of hydrogen-bond donors (Lipinski definition) is 1. The number of hydrogen-bond acceptors (Lipinski definition) is 6. The van der Waals surface area contributed by atoms with E-state index >= 15 is 0 Å². The number of carbonyl (C=O) groups excluding carboxylic acids is 1. The quantitative estimate of drug-likeness (QED) is 0.792. The molecule has 1 amide bonds.